The first-order valence-corrected chi connectivity index (χ1v) is 9.33. The number of rotatable bonds is 5. The lowest BCUT2D eigenvalue weighted by molar-refractivity contribution is 0.194. The first kappa shape index (κ1) is 18.4. The van der Waals surface area contributed by atoms with Crippen molar-refractivity contribution in [1.82, 2.24) is 5.32 Å². The summed E-state index contributed by atoms with van der Waals surface area (Å²) < 4.78 is 74.9. The number of carbonyl (C=O) groups is 1. The van der Waals surface area contributed by atoms with Crippen molar-refractivity contribution in [2.45, 2.75) is 20.0 Å². The van der Waals surface area contributed by atoms with Crippen molar-refractivity contribution >= 4 is 14.4 Å². The van der Waals surface area contributed by atoms with Crippen LogP contribution in [0.3, 0.4) is 0 Å². The number of ether oxygens (including phenoxy) is 1. The Morgan fingerprint density at radius 1 is 1.00 bits per heavy atom. The fourth-order valence-corrected chi connectivity index (χ4v) is 2.98. The molecule has 0 spiro atoms. The van der Waals surface area contributed by atoms with E-state index in [1.807, 2.05) is 0 Å². The van der Waals surface area contributed by atoms with E-state index in [4.69, 9.17) is 4.43 Å². The maximum atomic E-state index is 13.3. The molecule has 22 heavy (non-hydrogen) atoms. The lowest BCUT2D eigenvalue weighted by Crippen LogP contribution is -2.45. The minimum atomic E-state index is -2.33. The van der Waals surface area contributed by atoms with Gasteiger partial charge in [0.05, 0.1) is 0 Å². The van der Waals surface area contributed by atoms with Crippen molar-refractivity contribution < 1.29 is 35.9 Å². The molecule has 4 nitrogen and oxygen atoms in total. The third kappa shape index (κ3) is 4.16. The fourth-order valence-electron chi connectivity index (χ4n) is 1.53. The maximum Gasteiger partial charge on any atom is 0.412 e. The van der Waals surface area contributed by atoms with Crippen molar-refractivity contribution in [2.75, 3.05) is 12.8 Å². The fraction of sp³-hybridized carbons (Fsp3) is 0.417. The Kier molecular flexibility index (Phi) is 5.89. The number of hydrogen-bond donors (Lipinski definition) is 1. The first-order valence-electron chi connectivity index (χ1n) is 6.21. The lowest BCUT2D eigenvalue weighted by Gasteiger charge is -2.22. The lowest BCUT2D eigenvalue weighted by atomic mass is 10.3. The third-order valence-electron chi connectivity index (χ3n) is 2.56. The molecule has 0 saturated carbocycles. The van der Waals surface area contributed by atoms with Crippen LogP contribution in [-0.4, -0.2) is 27.2 Å². The zero-order chi connectivity index (χ0) is 17.1. The van der Waals surface area contributed by atoms with E-state index in [2.05, 4.69) is 10.1 Å². The first-order chi connectivity index (χ1) is 10.1. The van der Waals surface area contributed by atoms with Crippen molar-refractivity contribution in [2.24, 2.45) is 0 Å². The average Bonchev–Trinajstić information content (AvgIpc) is 2.45. The van der Waals surface area contributed by atoms with Crippen molar-refractivity contribution in [3.05, 3.63) is 29.1 Å². The molecular weight excluding hydrogens is 329 g/mol. The highest BCUT2D eigenvalue weighted by atomic mass is 28.4. The third-order valence-corrected chi connectivity index (χ3v) is 4.66. The monoisotopic (exact) mass is 343 g/mol. The molecule has 0 bridgehead atoms. The summed E-state index contributed by atoms with van der Waals surface area (Å²) in [4.78, 5) is 11.4. The maximum absolute atomic E-state index is 13.3. The number of hydrogen-bond acceptors (Lipinski definition) is 3. The molecule has 0 aliphatic heterocycles. The standard InChI is InChI=1S/C12H14F5NO3Si/c1-4-20-22(2,3)5-18-12(19)21-11-9(16)7(14)6(13)8(15)10(11)17/h4-5H2,1-3H3,(H,18,19). The van der Waals surface area contributed by atoms with Crippen LogP contribution in [0.2, 0.25) is 13.1 Å². The highest BCUT2D eigenvalue weighted by Crippen LogP contribution is 2.29. The molecule has 1 aromatic rings. The van der Waals surface area contributed by atoms with Crippen molar-refractivity contribution in [3.8, 4) is 5.75 Å². The molecule has 10 heteroatoms. The largest absolute Gasteiger partial charge is 0.416 e. The zero-order valence-corrected chi connectivity index (χ0v) is 13.0. The molecule has 0 aromatic heterocycles. The van der Waals surface area contributed by atoms with E-state index in [0.717, 1.165) is 0 Å². The summed E-state index contributed by atoms with van der Waals surface area (Å²) in [6.07, 6.45) is -1.31. The van der Waals surface area contributed by atoms with E-state index in [0.29, 0.717) is 6.61 Å². The van der Waals surface area contributed by atoms with Crippen LogP contribution in [0.4, 0.5) is 26.7 Å². The van der Waals surface area contributed by atoms with Crippen LogP contribution in [0.1, 0.15) is 6.92 Å². The molecule has 0 fully saturated rings. The van der Waals surface area contributed by atoms with Gasteiger partial charge in [-0.2, -0.15) is 8.78 Å². The summed E-state index contributed by atoms with van der Waals surface area (Å²) >= 11 is 0. The quantitative estimate of drug-likeness (QED) is 0.386. The molecule has 1 amide bonds. The van der Waals surface area contributed by atoms with Gasteiger partial charge in [0.25, 0.3) is 0 Å². The molecule has 1 aromatic carbocycles. The van der Waals surface area contributed by atoms with E-state index < -0.39 is 49.2 Å². The van der Waals surface area contributed by atoms with Gasteiger partial charge in [-0.05, 0) is 20.0 Å². The minimum absolute atomic E-state index is 0.0368. The Morgan fingerprint density at radius 3 is 1.91 bits per heavy atom. The summed E-state index contributed by atoms with van der Waals surface area (Å²) in [5, 5.41) is 2.17. The Hall–Kier alpha value is -1.68. The predicted octanol–water partition coefficient (Wildman–Crippen LogP) is 3.25. The van der Waals surface area contributed by atoms with Crippen LogP contribution >= 0.6 is 0 Å². The van der Waals surface area contributed by atoms with Crippen LogP contribution in [0.25, 0.3) is 0 Å². The molecule has 0 saturated heterocycles. The van der Waals surface area contributed by atoms with Gasteiger partial charge in [-0.3, -0.25) is 0 Å². The highest BCUT2D eigenvalue weighted by Gasteiger charge is 2.29. The van der Waals surface area contributed by atoms with Gasteiger partial charge in [-0.15, -0.1) is 0 Å². The average molecular weight is 343 g/mol. The molecule has 124 valence electrons. The van der Waals surface area contributed by atoms with E-state index >= 15 is 0 Å². The predicted molar refractivity (Wildman–Crippen MR) is 69.4 cm³/mol. The van der Waals surface area contributed by atoms with Gasteiger partial charge >= 0.3 is 6.09 Å². The Balaban J connectivity index is 2.86. The van der Waals surface area contributed by atoms with E-state index in [9.17, 15) is 26.7 Å². The normalized spacial score (nSPS) is 11.5. The van der Waals surface area contributed by atoms with E-state index in [-0.39, 0.29) is 6.17 Å². The molecule has 0 unspecified atom stereocenters. The summed E-state index contributed by atoms with van der Waals surface area (Å²) in [7, 11) is -2.25. The number of nitrogens with one attached hydrogen (secondary N) is 1. The summed E-state index contributed by atoms with van der Waals surface area (Å²) in [6, 6.07) is 0. The van der Waals surface area contributed by atoms with Crippen LogP contribution < -0.4 is 10.1 Å². The Bertz CT molecular complexity index is 553. The SMILES string of the molecule is CCO[Si](C)(C)CNC(=O)Oc1c(F)c(F)c(F)c(F)c1F. The molecule has 1 rings (SSSR count). The van der Waals surface area contributed by atoms with Gasteiger partial charge in [0, 0.05) is 12.8 Å². The summed E-state index contributed by atoms with van der Waals surface area (Å²) in [5.74, 6) is -12.8. The second-order valence-electron chi connectivity index (χ2n) is 4.83. The van der Waals surface area contributed by atoms with Crippen LogP contribution in [0.5, 0.6) is 5.75 Å². The van der Waals surface area contributed by atoms with Gasteiger partial charge in [0.2, 0.25) is 43.2 Å². The molecule has 1 N–H and O–H groups in total. The second kappa shape index (κ2) is 7.05. The van der Waals surface area contributed by atoms with Gasteiger partial charge < -0.3 is 14.5 Å². The molecule has 0 aliphatic rings. The van der Waals surface area contributed by atoms with Crippen molar-refractivity contribution in [1.29, 1.82) is 0 Å². The topological polar surface area (TPSA) is 47.6 Å². The number of benzene rings is 1. The van der Waals surface area contributed by atoms with Crippen molar-refractivity contribution in [3.63, 3.8) is 0 Å². The highest BCUT2D eigenvalue weighted by molar-refractivity contribution is 6.71. The number of amides is 1. The van der Waals surface area contributed by atoms with Crippen LogP contribution in [0.15, 0.2) is 0 Å². The van der Waals surface area contributed by atoms with Gasteiger partial charge in [-0.1, -0.05) is 0 Å². The molecule has 0 heterocycles. The summed E-state index contributed by atoms with van der Waals surface area (Å²) in [6.45, 7) is 5.68. The molecule has 0 radical (unpaired) electrons. The van der Waals surface area contributed by atoms with Gasteiger partial charge in [0.15, 0.2) is 0 Å². The van der Waals surface area contributed by atoms with Crippen LogP contribution in [-0.2, 0) is 4.43 Å². The van der Waals surface area contributed by atoms with Crippen LogP contribution in [0, 0.1) is 29.1 Å². The zero-order valence-electron chi connectivity index (χ0n) is 12.0. The Labute approximate surface area is 124 Å². The molecule has 0 atom stereocenters. The van der Waals surface area contributed by atoms with E-state index in [1.165, 1.54) is 0 Å². The number of halogens is 5. The minimum Gasteiger partial charge on any atom is -0.416 e. The van der Waals surface area contributed by atoms with E-state index in [1.54, 1.807) is 20.0 Å². The van der Waals surface area contributed by atoms with Gasteiger partial charge in [0.1, 0.15) is 0 Å². The Morgan fingerprint density at radius 2 is 1.45 bits per heavy atom. The molecule has 0 aliphatic carbocycles. The van der Waals surface area contributed by atoms with Gasteiger partial charge in [-0.25, -0.2) is 18.0 Å². The number of carbonyl (C=O) groups excluding carboxylic acids is 1. The summed E-state index contributed by atoms with van der Waals surface area (Å²) in [5.41, 5.74) is 0. The second-order valence-corrected chi connectivity index (χ2v) is 9.00. The smallest absolute Gasteiger partial charge is 0.412 e. The molecular formula is C12H14F5NO3Si.